The van der Waals surface area contributed by atoms with Crippen molar-refractivity contribution in [3.8, 4) is 11.1 Å². The summed E-state index contributed by atoms with van der Waals surface area (Å²) in [7, 11) is 0. The van der Waals surface area contributed by atoms with Crippen LogP contribution >= 0.6 is 0 Å². The Bertz CT molecular complexity index is 2600. The van der Waals surface area contributed by atoms with Gasteiger partial charge in [-0.3, -0.25) is 0 Å². The van der Waals surface area contributed by atoms with Gasteiger partial charge in [0.2, 0.25) is 0 Å². The van der Waals surface area contributed by atoms with Crippen LogP contribution in [0.1, 0.15) is 63.9 Å². The van der Waals surface area contributed by atoms with E-state index in [1.54, 1.807) is 0 Å². The largest absolute Gasteiger partial charge is 0.456 e. The quantitative estimate of drug-likeness (QED) is 0.142. The first-order chi connectivity index (χ1) is 23.7. The molecule has 48 heavy (non-hydrogen) atoms. The molecule has 0 spiro atoms. The molecule has 2 nitrogen and oxygen atoms in total. The lowest BCUT2D eigenvalue weighted by Crippen LogP contribution is -1.87. The predicted octanol–water partition coefficient (Wildman–Crippen LogP) is 14.3. The van der Waals surface area contributed by atoms with Crippen LogP contribution in [0.3, 0.4) is 0 Å². The van der Waals surface area contributed by atoms with Gasteiger partial charge < -0.3 is 8.83 Å². The van der Waals surface area contributed by atoms with Crippen LogP contribution in [0.15, 0.2) is 124 Å². The summed E-state index contributed by atoms with van der Waals surface area (Å²) < 4.78 is 13.0. The lowest BCUT2D eigenvalue weighted by atomic mass is 9.98. The highest BCUT2D eigenvalue weighted by Crippen LogP contribution is 2.39. The molecule has 0 saturated carbocycles. The molecular formula is C46H40O2. The number of furan rings is 2. The summed E-state index contributed by atoms with van der Waals surface area (Å²) in [6, 6.07) is 42.2. The first-order valence-electron chi connectivity index (χ1n) is 17.9. The number of hydrogen-bond donors (Lipinski definition) is 0. The molecule has 2 heterocycles. The van der Waals surface area contributed by atoms with E-state index in [1.165, 1.54) is 95.0 Å². The topological polar surface area (TPSA) is 26.3 Å². The van der Waals surface area contributed by atoms with Gasteiger partial charge >= 0.3 is 0 Å². The predicted molar refractivity (Wildman–Crippen MR) is 205 cm³/mol. The van der Waals surface area contributed by atoms with Crippen molar-refractivity contribution in [2.24, 2.45) is 0 Å². The molecular weight excluding hydrogens is 585 g/mol. The van der Waals surface area contributed by atoms with Crippen LogP contribution in [0.2, 0.25) is 0 Å². The average molecular weight is 625 g/mol. The van der Waals surface area contributed by atoms with Crippen LogP contribution in [0, 0.1) is 0 Å². The Morgan fingerprint density at radius 3 is 1.44 bits per heavy atom. The standard InChI is InChI=1S/C46H40O2/c1-2-3-4-5-6-7-8-10-13-30-16-17-33-26-43-39(22-35(33)20-30)41-24-37-29-46-42(25-38(37)28-45(41)47-43)40-23-36-21-32(31-14-11-9-12-15-31)18-19-34(36)27-44(40)48-46/h9,11-12,14-29H,2-8,10,13H2,1H3. The minimum absolute atomic E-state index is 0.916. The number of benzene rings is 7. The lowest BCUT2D eigenvalue weighted by molar-refractivity contribution is 0.575. The third kappa shape index (κ3) is 5.30. The van der Waals surface area contributed by atoms with E-state index in [1.807, 2.05) is 0 Å². The zero-order valence-electron chi connectivity index (χ0n) is 27.7. The zero-order valence-corrected chi connectivity index (χ0v) is 27.7. The second-order valence-corrected chi connectivity index (χ2v) is 13.8. The highest BCUT2D eigenvalue weighted by Gasteiger charge is 2.14. The summed E-state index contributed by atoms with van der Waals surface area (Å²) in [6.07, 6.45) is 12.0. The minimum atomic E-state index is 0.916. The van der Waals surface area contributed by atoms with Crippen molar-refractivity contribution in [3.05, 3.63) is 121 Å². The van der Waals surface area contributed by atoms with Gasteiger partial charge in [0.05, 0.1) is 0 Å². The number of rotatable bonds is 10. The normalized spacial score (nSPS) is 12.2. The van der Waals surface area contributed by atoms with Gasteiger partial charge in [0.1, 0.15) is 22.3 Å². The first kappa shape index (κ1) is 29.1. The van der Waals surface area contributed by atoms with E-state index in [4.69, 9.17) is 8.83 Å². The third-order valence-corrected chi connectivity index (χ3v) is 10.4. The van der Waals surface area contributed by atoms with Gasteiger partial charge in [0.25, 0.3) is 0 Å². The number of aryl methyl sites for hydroxylation is 1. The number of fused-ring (bicyclic) bond motifs is 9. The monoisotopic (exact) mass is 624 g/mol. The van der Waals surface area contributed by atoms with Crippen LogP contribution in [0.4, 0.5) is 0 Å². The molecule has 2 aromatic heterocycles. The molecule has 0 fully saturated rings. The molecule has 236 valence electrons. The fourth-order valence-electron chi connectivity index (χ4n) is 7.76. The Kier molecular flexibility index (Phi) is 7.38. The van der Waals surface area contributed by atoms with Crippen molar-refractivity contribution in [1.82, 2.24) is 0 Å². The Hall–Kier alpha value is -5.08. The van der Waals surface area contributed by atoms with Crippen LogP contribution in [0.25, 0.3) is 87.3 Å². The molecule has 0 saturated heterocycles. The SMILES string of the molecule is CCCCCCCCCCc1ccc2cc3oc4cc5cc6c(cc5cc4c3cc2c1)oc1cc2ccc(-c3ccccc3)cc2cc16. The Morgan fingerprint density at radius 1 is 0.375 bits per heavy atom. The third-order valence-electron chi connectivity index (χ3n) is 10.4. The van der Waals surface area contributed by atoms with E-state index in [2.05, 4.69) is 122 Å². The van der Waals surface area contributed by atoms with Crippen molar-refractivity contribution >= 4 is 76.2 Å². The summed E-state index contributed by atoms with van der Waals surface area (Å²) in [5.74, 6) is 0. The highest BCUT2D eigenvalue weighted by atomic mass is 16.3. The van der Waals surface area contributed by atoms with Crippen LogP contribution in [-0.4, -0.2) is 0 Å². The van der Waals surface area contributed by atoms with E-state index in [9.17, 15) is 0 Å². The van der Waals surface area contributed by atoms with Gasteiger partial charge in [-0.15, -0.1) is 0 Å². The van der Waals surface area contributed by atoms with Crippen LogP contribution in [0.5, 0.6) is 0 Å². The maximum absolute atomic E-state index is 6.50. The Balaban J connectivity index is 1.05. The van der Waals surface area contributed by atoms with E-state index in [0.717, 1.165) is 55.7 Å². The number of unbranched alkanes of at least 4 members (excludes halogenated alkanes) is 7. The van der Waals surface area contributed by atoms with Crippen LogP contribution < -0.4 is 0 Å². The van der Waals surface area contributed by atoms with Crippen molar-refractivity contribution in [1.29, 1.82) is 0 Å². The fourth-order valence-corrected chi connectivity index (χ4v) is 7.76. The van der Waals surface area contributed by atoms with Gasteiger partial charge in [-0.05, 0) is 116 Å². The molecule has 0 aliphatic heterocycles. The first-order valence-corrected chi connectivity index (χ1v) is 17.9. The van der Waals surface area contributed by atoms with E-state index >= 15 is 0 Å². The van der Waals surface area contributed by atoms with Gasteiger partial charge in [-0.25, -0.2) is 0 Å². The molecule has 0 atom stereocenters. The van der Waals surface area contributed by atoms with Gasteiger partial charge in [0, 0.05) is 21.5 Å². The maximum atomic E-state index is 6.50. The molecule has 0 N–H and O–H groups in total. The summed E-state index contributed by atoms with van der Waals surface area (Å²) >= 11 is 0. The van der Waals surface area contributed by atoms with Crippen molar-refractivity contribution in [2.45, 2.75) is 64.7 Å². The van der Waals surface area contributed by atoms with Gasteiger partial charge in [0.15, 0.2) is 0 Å². The molecule has 0 unspecified atom stereocenters. The molecule has 0 radical (unpaired) electrons. The second-order valence-electron chi connectivity index (χ2n) is 13.8. The fraction of sp³-hybridized carbons (Fsp3) is 0.217. The Labute approximate surface area is 280 Å². The second kappa shape index (κ2) is 12.2. The molecule has 9 aromatic rings. The lowest BCUT2D eigenvalue weighted by Gasteiger charge is -2.05. The Morgan fingerprint density at radius 2 is 0.854 bits per heavy atom. The maximum Gasteiger partial charge on any atom is 0.136 e. The van der Waals surface area contributed by atoms with E-state index in [0.29, 0.717) is 0 Å². The average Bonchev–Trinajstić information content (AvgIpc) is 3.64. The molecule has 7 aromatic carbocycles. The van der Waals surface area contributed by atoms with Crippen molar-refractivity contribution in [2.75, 3.05) is 0 Å². The van der Waals surface area contributed by atoms with Crippen molar-refractivity contribution < 1.29 is 8.83 Å². The molecule has 0 bridgehead atoms. The van der Waals surface area contributed by atoms with Gasteiger partial charge in [-0.2, -0.15) is 0 Å². The van der Waals surface area contributed by atoms with E-state index < -0.39 is 0 Å². The molecule has 9 rings (SSSR count). The van der Waals surface area contributed by atoms with Gasteiger partial charge in [-0.1, -0.05) is 113 Å². The summed E-state index contributed by atoms with van der Waals surface area (Å²) in [5, 5.41) is 11.9. The number of hydrogen-bond acceptors (Lipinski definition) is 2. The molecule has 0 aliphatic carbocycles. The summed E-state index contributed by atoms with van der Waals surface area (Å²) in [6.45, 7) is 2.28. The summed E-state index contributed by atoms with van der Waals surface area (Å²) in [4.78, 5) is 0. The van der Waals surface area contributed by atoms with Crippen LogP contribution in [-0.2, 0) is 6.42 Å². The smallest absolute Gasteiger partial charge is 0.136 e. The zero-order chi connectivity index (χ0) is 32.0. The molecule has 0 aliphatic rings. The highest BCUT2D eigenvalue weighted by molar-refractivity contribution is 6.17. The minimum Gasteiger partial charge on any atom is -0.456 e. The molecule has 2 heteroatoms. The van der Waals surface area contributed by atoms with Crippen molar-refractivity contribution in [3.63, 3.8) is 0 Å². The molecule has 0 amide bonds. The summed E-state index contributed by atoms with van der Waals surface area (Å²) in [5.41, 5.74) is 7.59. The van der Waals surface area contributed by atoms with E-state index in [-0.39, 0.29) is 0 Å².